The molecule has 18 rings (SSSR count). The van der Waals surface area contributed by atoms with Crippen molar-refractivity contribution in [2.24, 2.45) is 35.2 Å². The first-order valence-corrected chi connectivity index (χ1v) is 46.0. The van der Waals surface area contributed by atoms with E-state index in [0.717, 1.165) is 0 Å². The third-order valence-electron chi connectivity index (χ3n) is 28.3. The second-order valence-corrected chi connectivity index (χ2v) is 38.9. The van der Waals surface area contributed by atoms with Crippen LogP contribution in [-0.4, -0.2) is 13.7 Å². The van der Waals surface area contributed by atoms with Crippen LogP contribution in [0.25, 0.3) is 107 Å². The lowest BCUT2D eigenvalue weighted by atomic mass is 9.57. The quantitative estimate of drug-likeness (QED) is 0.116. The first-order chi connectivity index (χ1) is 59.0. The molecule has 0 saturated carbocycles. The van der Waals surface area contributed by atoms with Gasteiger partial charge in [0.15, 0.2) is 28.5 Å². The van der Waals surface area contributed by atoms with E-state index in [1.54, 1.807) is 22.7 Å². The van der Waals surface area contributed by atoms with E-state index in [0.29, 0.717) is 11.8 Å². The van der Waals surface area contributed by atoms with Gasteiger partial charge in [0.25, 0.3) is 16.7 Å². The lowest BCUT2D eigenvalue weighted by Gasteiger charge is -2.45. The summed E-state index contributed by atoms with van der Waals surface area (Å²) in [7, 11) is 10.9. The first kappa shape index (κ1) is 88.6. The number of aromatic nitrogens is 8. The number of rotatable bonds is 11. The van der Waals surface area contributed by atoms with Crippen LogP contribution in [0.2, 0.25) is 0 Å². The average molecular weight is 1680 g/mol. The van der Waals surface area contributed by atoms with Gasteiger partial charge in [-0.2, -0.15) is 22.8 Å². The number of thiazole rings is 2. The van der Waals surface area contributed by atoms with Crippen LogP contribution < -0.4 is 22.8 Å². The monoisotopic (exact) mass is 1670 g/mol. The van der Waals surface area contributed by atoms with Gasteiger partial charge in [-0.3, -0.25) is 0 Å². The van der Waals surface area contributed by atoms with Crippen LogP contribution in [0.3, 0.4) is 0 Å². The van der Waals surface area contributed by atoms with E-state index in [9.17, 15) is 0 Å². The molecule has 0 atom stereocenters. The molecule has 632 valence electrons. The van der Waals surface area contributed by atoms with Crippen molar-refractivity contribution in [3.05, 3.63) is 367 Å². The van der Waals surface area contributed by atoms with E-state index in [-0.39, 0.29) is 21.7 Å². The molecule has 16 aromatic rings. The van der Waals surface area contributed by atoms with Crippen molar-refractivity contribution in [2.75, 3.05) is 0 Å². The summed E-state index contributed by atoms with van der Waals surface area (Å²) < 4.78 is 18.9. The van der Waals surface area contributed by atoms with Crippen molar-refractivity contribution in [3.8, 4) is 107 Å². The summed E-state index contributed by atoms with van der Waals surface area (Å²) in [6, 6.07) is 89.4. The van der Waals surface area contributed by atoms with Crippen LogP contribution in [0.5, 0.6) is 0 Å². The molecule has 0 bridgehead atoms. The van der Waals surface area contributed by atoms with Crippen LogP contribution in [0, 0.1) is 69.2 Å². The second-order valence-electron chi connectivity index (χ2n) is 37.3. The molecule has 0 saturated heterocycles. The molecule has 8 nitrogen and oxygen atoms in total. The molecule has 5 aromatic heterocycles. The number of nitrogens with zero attached hydrogens (tertiary/aromatic N) is 8. The first-order valence-electron chi connectivity index (χ1n) is 44.1. The predicted octanol–water partition coefficient (Wildman–Crippen LogP) is 26.9. The topological polar surface area (TPSA) is 34.2 Å². The van der Waals surface area contributed by atoms with Gasteiger partial charge in [-0.15, -0.1) is 0 Å². The molecule has 5 heterocycles. The third kappa shape index (κ3) is 16.0. The van der Waals surface area contributed by atoms with Crippen molar-refractivity contribution in [2.45, 2.75) is 186 Å². The molecule has 0 radical (unpaired) electrons. The van der Waals surface area contributed by atoms with Crippen LogP contribution >= 0.6 is 22.7 Å². The van der Waals surface area contributed by atoms with Gasteiger partial charge in [-0.1, -0.05) is 282 Å². The summed E-state index contributed by atoms with van der Waals surface area (Å²) in [5.74, 6) is 3.30. The number of hydrogen-bond donors (Lipinski definition) is 0. The zero-order chi connectivity index (χ0) is 88.9. The van der Waals surface area contributed by atoms with E-state index < -0.39 is 0 Å². The minimum Gasteiger partial charge on any atom is -0.232 e. The largest absolute Gasteiger partial charge is 0.294 e. The average Bonchev–Trinajstić information content (AvgIpc) is 1.47. The van der Waals surface area contributed by atoms with E-state index in [2.05, 4.69) is 502 Å². The summed E-state index contributed by atoms with van der Waals surface area (Å²) in [4.78, 5) is 0. The summed E-state index contributed by atoms with van der Waals surface area (Å²) in [6.45, 7) is 50.5. The Morgan fingerprint density at radius 1 is 0.355 bits per heavy atom. The lowest BCUT2D eigenvalue weighted by Crippen LogP contribution is -2.46. The Labute approximate surface area is 748 Å². The number of aryl methyl sites for hydroxylation is 7. The molecule has 0 aliphatic heterocycles. The molecular weight excluding hydrogens is 1550 g/mol. The number of hydrogen-bond acceptors (Lipinski definition) is 2. The fourth-order valence-electron chi connectivity index (χ4n) is 18.8. The maximum atomic E-state index is 2.51. The van der Waals surface area contributed by atoms with Crippen LogP contribution in [0.15, 0.2) is 278 Å². The van der Waals surface area contributed by atoms with Gasteiger partial charge in [-0.25, -0.2) is 13.7 Å². The van der Waals surface area contributed by atoms with Crippen molar-refractivity contribution in [1.82, 2.24) is 13.7 Å². The molecule has 2 aliphatic rings. The Morgan fingerprint density at radius 2 is 0.766 bits per heavy atom. The van der Waals surface area contributed by atoms with Gasteiger partial charge in [0.1, 0.15) is 37.4 Å². The number of para-hydroxylation sites is 3. The van der Waals surface area contributed by atoms with Gasteiger partial charge >= 0.3 is 0 Å². The summed E-state index contributed by atoms with van der Waals surface area (Å²) in [5.41, 5.74) is 44.8. The molecule has 124 heavy (non-hydrogen) atoms. The van der Waals surface area contributed by atoms with Crippen molar-refractivity contribution in [3.63, 3.8) is 0 Å². The standard InChI is InChI=1S/C30H33N2.C30H35N2.C24H29N2.C18H18NS.C12H14NS/c1-20-18-19-24-25(21(20)2)26-27(30(5,6)29(24,3)4)32(23-16-12-9-13-17-23)28(31(26)7)22-14-10-8-11-15-22;1-20(2)25-16-12-17-26(21(3)4)29(25)32-19-28(27-18-11-13-22(5)23(27)6)31(7)30(32)24-14-9-8-10-15-24;1-16-13-14-19-20(17(16)2)21-22(24(5,6)23(19,3)4)26(15-25(21)7)18-11-9-8-10-12-18;1-13-8-7-11-16(14(13)2)17-12-20-18(19(17)3)15-9-5-4-6-10-15;1-9-5-4-6-11(10(9)2)12-7-14-8-13(12)3/h8-19H,1-7H3;8-21H,1-7H3;8-15H,1-7H3;4-12H,1-3H3;4-8H,1-3H3/q5*+1. The molecule has 11 aromatic carbocycles. The Hall–Kier alpha value is -11.7. The molecule has 0 amide bonds. The molecule has 2 aliphatic carbocycles. The maximum absolute atomic E-state index is 2.51. The Kier molecular flexibility index (Phi) is 25.4. The molecule has 0 fully saturated rings. The Morgan fingerprint density at radius 3 is 1.24 bits per heavy atom. The molecular formula is C114H129N8S2+5. The predicted molar refractivity (Wildman–Crippen MR) is 523 cm³/mol. The number of benzene rings is 11. The van der Waals surface area contributed by atoms with Crippen molar-refractivity contribution >= 4 is 22.7 Å². The second kappa shape index (κ2) is 35.5. The van der Waals surface area contributed by atoms with Gasteiger partial charge in [0.05, 0.1) is 59.7 Å². The van der Waals surface area contributed by atoms with E-state index in [1.807, 2.05) is 0 Å². The fraction of sp³-hybridized carbons (Fsp3) is 0.289. The van der Waals surface area contributed by atoms with Crippen LogP contribution in [-0.2, 0) is 56.9 Å². The Bertz CT molecular complexity index is 6550. The summed E-state index contributed by atoms with van der Waals surface area (Å²) in [5, 5.41) is 5.74. The fourth-order valence-corrected chi connectivity index (χ4v) is 20.6. The van der Waals surface area contributed by atoms with E-state index in [4.69, 9.17) is 0 Å². The highest BCUT2D eigenvalue weighted by Gasteiger charge is 2.56. The normalized spacial score (nSPS) is 13.5. The maximum Gasteiger partial charge on any atom is 0.294 e. The SMILES string of the molecule is Cc1ccc2c(c1C)-c1c(n(-c3ccccc3)c(-c3ccccc3)[n+]1C)C(C)(C)C2(C)C.Cc1ccc2c(c1C)-c1c(n(-c3ccccc3)c[n+]1C)C(C)(C)C2(C)C.Cc1cccc(-c2c[n+](-c3c(C(C)C)cccc3C(C)C)c(-c3ccccc3)n2C)c1C.Cc1cccc(-c2csc(-c3ccccc3)[n+]2C)c1C.Cc1cccc(-c2csc[n+]2C)c1C. The van der Waals surface area contributed by atoms with Crippen LogP contribution in [0.4, 0.5) is 0 Å². The molecule has 0 unspecified atom stereocenters. The zero-order valence-electron chi connectivity index (χ0n) is 78.6. The van der Waals surface area contributed by atoms with Gasteiger partial charge in [-0.05, 0) is 221 Å². The van der Waals surface area contributed by atoms with Crippen LogP contribution in [0.1, 0.15) is 184 Å². The van der Waals surface area contributed by atoms with Crippen molar-refractivity contribution < 1.29 is 22.8 Å². The number of fused-ring (bicyclic) bond motifs is 6. The Balaban J connectivity index is 0.000000129. The van der Waals surface area contributed by atoms with Gasteiger partial charge in [0.2, 0.25) is 23.2 Å². The molecule has 10 heteroatoms. The minimum atomic E-state index is -0.0857. The van der Waals surface area contributed by atoms with Gasteiger partial charge < -0.3 is 0 Å². The summed E-state index contributed by atoms with van der Waals surface area (Å²) >= 11 is 3.54. The van der Waals surface area contributed by atoms with E-state index in [1.165, 1.54) is 196 Å². The minimum absolute atomic E-state index is 0.00582. The van der Waals surface area contributed by atoms with Gasteiger partial charge in [0, 0.05) is 49.5 Å². The zero-order valence-corrected chi connectivity index (χ0v) is 80.2. The van der Waals surface area contributed by atoms with Crippen molar-refractivity contribution in [1.29, 1.82) is 0 Å². The van der Waals surface area contributed by atoms with E-state index >= 15 is 0 Å². The third-order valence-corrected chi connectivity index (χ3v) is 30.1. The lowest BCUT2D eigenvalue weighted by molar-refractivity contribution is -0.660. The highest BCUT2D eigenvalue weighted by atomic mass is 32.1. The molecule has 0 N–H and O–H groups in total. The molecule has 0 spiro atoms. The smallest absolute Gasteiger partial charge is 0.232 e. The number of imidazole rings is 3. The highest BCUT2D eigenvalue weighted by molar-refractivity contribution is 7.13. The highest BCUT2D eigenvalue weighted by Crippen LogP contribution is 2.57. The summed E-state index contributed by atoms with van der Waals surface area (Å²) in [6.07, 6.45) is 4.59.